The van der Waals surface area contributed by atoms with Crippen LogP contribution in [0.15, 0.2) is 22.7 Å². The van der Waals surface area contributed by atoms with E-state index in [0.29, 0.717) is 0 Å². The summed E-state index contributed by atoms with van der Waals surface area (Å²) in [6, 6.07) is 5.55. The van der Waals surface area contributed by atoms with Gasteiger partial charge in [-0.3, -0.25) is 4.79 Å². The molecule has 0 aromatic heterocycles. The van der Waals surface area contributed by atoms with Gasteiger partial charge in [0.05, 0.1) is 0 Å². The number of nitrogens with one attached hydrogen (secondary N) is 1. The van der Waals surface area contributed by atoms with E-state index in [1.165, 1.54) is 0 Å². The lowest BCUT2D eigenvalue weighted by Gasteiger charge is -2.05. The van der Waals surface area contributed by atoms with Crippen molar-refractivity contribution in [3.63, 3.8) is 0 Å². The Morgan fingerprint density at radius 1 is 1.50 bits per heavy atom. The maximum atomic E-state index is 11.1. The van der Waals surface area contributed by atoms with Crippen LogP contribution in [-0.4, -0.2) is 12.8 Å². The van der Waals surface area contributed by atoms with Crippen LogP contribution in [0.25, 0.3) is 0 Å². The third-order valence-electron chi connectivity index (χ3n) is 1.63. The molecule has 0 atom stereocenters. The highest BCUT2D eigenvalue weighted by Gasteiger charge is 2.05. The van der Waals surface area contributed by atoms with Crippen LogP contribution in [0.5, 0.6) is 0 Å². The molecule has 64 valence electrons. The molecule has 0 saturated heterocycles. The van der Waals surface area contributed by atoms with Crippen molar-refractivity contribution < 1.29 is 4.79 Å². The minimum Gasteiger partial charge on any atom is -0.388 e. The predicted molar refractivity (Wildman–Crippen MR) is 53.7 cm³/mol. The van der Waals surface area contributed by atoms with Crippen molar-refractivity contribution in [2.45, 2.75) is 6.92 Å². The summed E-state index contributed by atoms with van der Waals surface area (Å²) in [5.41, 5.74) is 1.58. The second kappa shape index (κ2) is 3.72. The molecule has 1 aromatic carbocycles. The van der Waals surface area contributed by atoms with Crippen LogP contribution in [0.4, 0.5) is 5.69 Å². The summed E-state index contributed by atoms with van der Waals surface area (Å²) < 4.78 is 0.969. The lowest BCUT2D eigenvalue weighted by Crippen LogP contribution is -1.99. The molecule has 0 saturated carbocycles. The molecule has 0 aliphatic heterocycles. The van der Waals surface area contributed by atoms with E-state index in [0.717, 1.165) is 15.7 Å². The fourth-order valence-corrected chi connectivity index (χ4v) is 1.39. The molecule has 2 nitrogen and oxygen atoms in total. The second-order valence-corrected chi connectivity index (χ2v) is 3.41. The molecule has 0 bridgehead atoms. The highest BCUT2D eigenvalue weighted by molar-refractivity contribution is 9.10. The first kappa shape index (κ1) is 9.26. The van der Waals surface area contributed by atoms with Gasteiger partial charge in [-0.25, -0.2) is 0 Å². The van der Waals surface area contributed by atoms with Crippen molar-refractivity contribution in [3.05, 3.63) is 28.2 Å². The Balaban J connectivity index is 3.20. The van der Waals surface area contributed by atoms with Crippen LogP contribution in [0.2, 0.25) is 0 Å². The van der Waals surface area contributed by atoms with Crippen molar-refractivity contribution in [1.82, 2.24) is 0 Å². The topological polar surface area (TPSA) is 29.1 Å². The van der Waals surface area contributed by atoms with Gasteiger partial charge in [0.1, 0.15) is 0 Å². The number of Topliss-reactive ketones (excluding diaryl/α,β-unsaturated/α-hetero) is 1. The van der Waals surface area contributed by atoms with Gasteiger partial charge in [-0.15, -0.1) is 0 Å². The van der Waals surface area contributed by atoms with E-state index in [4.69, 9.17) is 0 Å². The van der Waals surface area contributed by atoms with Crippen molar-refractivity contribution in [3.8, 4) is 0 Å². The quantitative estimate of drug-likeness (QED) is 0.788. The summed E-state index contributed by atoms with van der Waals surface area (Å²) in [7, 11) is 1.80. The zero-order valence-corrected chi connectivity index (χ0v) is 8.60. The predicted octanol–water partition coefficient (Wildman–Crippen LogP) is 2.69. The van der Waals surface area contributed by atoms with Crippen LogP contribution in [0.3, 0.4) is 0 Å². The van der Waals surface area contributed by atoms with E-state index in [9.17, 15) is 4.79 Å². The Morgan fingerprint density at radius 3 is 2.67 bits per heavy atom. The Kier molecular flexibility index (Phi) is 2.87. The largest absolute Gasteiger partial charge is 0.388 e. The average molecular weight is 228 g/mol. The number of benzene rings is 1. The Bertz CT molecular complexity index is 309. The van der Waals surface area contributed by atoms with Gasteiger partial charge >= 0.3 is 0 Å². The normalized spacial score (nSPS) is 9.58. The molecule has 0 aliphatic rings. The Morgan fingerprint density at radius 2 is 2.17 bits per heavy atom. The average Bonchev–Trinajstić information content (AvgIpc) is 2.03. The third-order valence-corrected chi connectivity index (χ3v) is 2.12. The van der Waals surface area contributed by atoms with Gasteiger partial charge in [0.25, 0.3) is 0 Å². The van der Waals surface area contributed by atoms with Crippen LogP contribution in [0.1, 0.15) is 17.3 Å². The van der Waals surface area contributed by atoms with E-state index in [1.54, 1.807) is 20.0 Å². The molecule has 1 rings (SSSR count). The SMILES string of the molecule is CNc1cc(Br)ccc1C(C)=O. The van der Waals surface area contributed by atoms with Crippen LogP contribution in [-0.2, 0) is 0 Å². The van der Waals surface area contributed by atoms with E-state index < -0.39 is 0 Å². The number of halogens is 1. The van der Waals surface area contributed by atoms with Crippen molar-refractivity contribution in [2.24, 2.45) is 0 Å². The maximum Gasteiger partial charge on any atom is 0.161 e. The smallest absolute Gasteiger partial charge is 0.161 e. The van der Waals surface area contributed by atoms with Crippen LogP contribution < -0.4 is 5.32 Å². The van der Waals surface area contributed by atoms with Gasteiger partial charge in [0.15, 0.2) is 5.78 Å². The van der Waals surface area contributed by atoms with Gasteiger partial charge in [-0.05, 0) is 25.1 Å². The van der Waals surface area contributed by atoms with E-state index in [-0.39, 0.29) is 5.78 Å². The summed E-state index contributed by atoms with van der Waals surface area (Å²) in [6.07, 6.45) is 0. The first-order chi connectivity index (χ1) is 5.65. The summed E-state index contributed by atoms with van der Waals surface area (Å²) in [4.78, 5) is 11.1. The highest BCUT2D eigenvalue weighted by Crippen LogP contribution is 2.21. The number of hydrogen-bond acceptors (Lipinski definition) is 2. The summed E-state index contributed by atoms with van der Waals surface area (Å²) in [5.74, 6) is 0.0758. The van der Waals surface area contributed by atoms with Crippen LogP contribution >= 0.6 is 15.9 Å². The highest BCUT2D eigenvalue weighted by atomic mass is 79.9. The number of carbonyl (C=O) groups excluding carboxylic acids is 1. The molecule has 0 unspecified atom stereocenters. The molecule has 12 heavy (non-hydrogen) atoms. The van der Waals surface area contributed by atoms with E-state index in [2.05, 4.69) is 21.2 Å². The molecular formula is C9H10BrNO. The van der Waals surface area contributed by atoms with Gasteiger partial charge in [0, 0.05) is 22.8 Å². The van der Waals surface area contributed by atoms with Crippen molar-refractivity contribution in [2.75, 3.05) is 12.4 Å². The molecule has 1 aromatic rings. The zero-order chi connectivity index (χ0) is 9.14. The molecule has 0 aliphatic carbocycles. The molecule has 0 fully saturated rings. The van der Waals surface area contributed by atoms with E-state index >= 15 is 0 Å². The summed E-state index contributed by atoms with van der Waals surface area (Å²) in [5, 5.41) is 2.97. The van der Waals surface area contributed by atoms with Gasteiger partial charge in [-0.2, -0.15) is 0 Å². The van der Waals surface area contributed by atoms with Gasteiger partial charge < -0.3 is 5.32 Å². The first-order valence-corrected chi connectivity index (χ1v) is 4.42. The van der Waals surface area contributed by atoms with Gasteiger partial charge in [-0.1, -0.05) is 15.9 Å². The zero-order valence-electron chi connectivity index (χ0n) is 7.02. The minimum atomic E-state index is 0.0758. The van der Waals surface area contributed by atoms with Gasteiger partial charge in [0.2, 0.25) is 0 Å². The Hall–Kier alpha value is -0.830. The third kappa shape index (κ3) is 1.85. The molecular weight excluding hydrogens is 218 g/mol. The number of carbonyl (C=O) groups is 1. The number of rotatable bonds is 2. The number of ketones is 1. The minimum absolute atomic E-state index is 0.0758. The monoisotopic (exact) mass is 227 g/mol. The first-order valence-electron chi connectivity index (χ1n) is 3.63. The molecule has 1 N–H and O–H groups in total. The molecule has 0 amide bonds. The van der Waals surface area contributed by atoms with Crippen LogP contribution in [0, 0.1) is 0 Å². The fraction of sp³-hybridized carbons (Fsp3) is 0.222. The van der Waals surface area contributed by atoms with Crippen molar-refractivity contribution in [1.29, 1.82) is 0 Å². The molecule has 0 radical (unpaired) electrons. The maximum absolute atomic E-state index is 11.1. The lowest BCUT2D eigenvalue weighted by atomic mass is 10.1. The Labute approximate surface area is 80.1 Å². The lowest BCUT2D eigenvalue weighted by molar-refractivity contribution is 0.101. The van der Waals surface area contributed by atoms with E-state index in [1.807, 2.05) is 12.1 Å². The fourth-order valence-electron chi connectivity index (χ4n) is 1.03. The second-order valence-electron chi connectivity index (χ2n) is 2.50. The number of hydrogen-bond donors (Lipinski definition) is 1. The van der Waals surface area contributed by atoms with Crippen molar-refractivity contribution >= 4 is 27.4 Å². The number of anilines is 1. The molecule has 3 heteroatoms. The molecule has 0 spiro atoms. The molecule has 0 heterocycles. The summed E-state index contributed by atoms with van der Waals surface area (Å²) in [6.45, 7) is 1.56. The standard InChI is InChI=1S/C9H10BrNO/c1-6(12)8-4-3-7(10)5-9(8)11-2/h3-5,11H,1-2H3. The summed E-state index contributed by atoms with van der Waals surface area (Å²) >= 11 is 3.33.